The Morgan fingerprint density at radius 3 is 2.11 bits per heavy atom. The van der Waals surface area contributed by atoms with Gasteiger partial charge in [-0.05, 0) is 24.3 Å². The summed E-state index contributed by atoms with van der Waals surface area (Å²) >= 11 is 0. The lowest BCUT2D eigenvalue weighted by Crippen LogP contribution is -2.16. The van der Waals surface area contributed by atoms with E-state index < -0.39 is 5.92 Å². The number of Topliss-reactive ketones (excluding diaryl/α,β-unsaturated/α-hetero) is 2. The number of imidazole rings is 1. The zero-order valence-electron chi connectivity index (χ0n) is 14.8. The molecule has 0 bridgehead atoms. The second-order valence-corrected chi connectivity index (χ2v) is 6.65. The number of aliphatic imine (C=N–C) groups is 1. The van der Waals surface area contributed by atoms with Crippen molar-refractivity contribution in [3.63, 3.8) is 0 Å². The SMILES string of the molecule is O=C1c2ccccc2C(=O)C1C=Nc1ccccc1-c1nc2ccccc2[nH]1. The van der Waals surface area contributed by atoms with Gasteiger partial charge in [0.05, 0.1) is 16.7 Å². The zero-order chi connectivity index (χ0) is 19.1. The van der Waals surface area contributed by atoms with Crippen LogP contribution in [0.1, 0.15) is 20.7 Å². The number of fused-ring (bicyclic) bond motifs is 2. The van der Waals surface area contributed by atoms with E-state index in [-0.39, 0.29) is 11.6 Å². The standard InChI is InChI=1S/C23H15N3O2/c27-21-14-7-1-2-8-15(14)22(28)17(21)13-24-18-10-4-3-9-16(18)23-25-19-11-5-6-12-20(19)26-23/h1-13,17H,(H,25,26). The van der Waals surface area contributed by atoms with Crippen LogP contribution in [-0.4, -0.2) is 27.7 Å². The number of hydrogen-bond acceptors (Lipinski definition) is 4. The summed E-state index contributed by atoms with van der Waals surface area (Å²) in [5, 5.41) is 0. The Morgan fingerprint density at radius 1 is 0.786 bits per heavy atom. The molecule has 1 N–H and O–H groups in total. The van der Waals surface area contributed by atoms with E-state index in [1.807, 2.05) is 48.5 Å². The molecule has 5 rings (SSSR count). The Labute approximate surface area is 160 Å². The van der Waals surface area contributed by atoms with Crippen molar-refractivity contribution in [2.75, 3.05) is 0 Å². The molecule has 134 valence electrons. The van der Waals surface area contributed by atoms with Crippen LogP contribution in [0, 0.1) is 5.92 Å². The first-order valence-electron chi connectivity index (χ1n) is 8.98. The number of ketones is 2. The summed E-state index contributed by atoms with van der Waals surface area (Å²) in [4.78, 5) is 37.5. The maximum Gasteiger partial charge on any atom is 0.179 e. The van der Waals surface area contributed by atoms with Gasteiger partial charge in [0, 0.05) is 22.9 Å². The third kappa shape index (κ3) is 2.56. The first-order chi connectivity index (χ1) is 13.7. The fraction of sp³-hybridized carbons (Fsp3) is 0.0435. The smallest absolute Gasteiger partial charge is 0.179 e. The number of aromatic nitrogens is 2. The van der Waals surface area contributed by atoms with Crippen LogP contribution in [0.15, 0.2) is 77.8 Å². The number of rotatable bonds is 3. The van der Waals surface area contributed by atoms with E-state index in [0.29, 0.717) is 22.6 Å². The second-order valence-electron chi connectivity index (χ2n) is 6.65. The predicted octanol–water partition coefficient (Wildman–Crippen LogP) is 4.63. The molecule has 0 spiro atoms. The van der Waals surface area contributed by atoms with E-state index >= 15 is 0 Å². The van der Waals surface area contributed by atoms with Crippen molar-refractivity contribution in [1.82, 2.24) is 9.97 Å². The van der Waals surface area contributed by atoms with E-state index in [1.54, 1.807) is 24.3 Å². The van der Waals surface area contributed by atoms with E-state index in [1.165, 1.54) is 6.21 Å². The van der Waals surface area contributed by atoms with E-state index in [9.17, 15) is 9.59 Å². The maximum atomic E-state index is 12.6. The maximum absolute atomic E-state index is 12.6. The molecule has 0 atom stereocenters. The van der Waals surface area contributed by atoms with Gasteiger partial charge < -0.3 is 4.98 Å². The Bertz CT molecular complexity index is 1200. The van der Waals surface area contributed by atoms with Crippen molar-refractivity contribution in [3.05, 3.63) is 83.9 Å². The van der Waals surface area contributed by atoms with Gasteiger partial charge in [-0.2, -0.15) is 0 Å². The van der Waals surface area contributed by atoms with E-state index in [2.05, 4.69) is 15.0 Å². The minimum Gasteiger partial charge on any atom is -0.338 e. The molecule has 0 saturated carbocycles. The summed E-state index contributed by atoms with van der Waals surface area (Å²) in [6, 6.07) is 22.2. The van der Waals surface area contributed by atoms with E-state index in [0.717, 1.165) is 16.6 Å². The molecule has 0 saturated heterocycles. The minimum atomic E-state index is -0.874. The molecule has 0 fully saturated rings. The third-order valence-electron chi connectivity index (χ3n) is 4.93. The third-order valence-corrected chi connectivity index (χ3v) is 4.93. The van der Waals surface area contributed by atoms with Gasteiger partial charge in [0.25, 0.3) is 0 Å². The van der Waals surface area contributed by atoms with Crippen LogP contribution in [0.3, 0.4) is 0 Å². The predicted molar refractivity (Wildman–Crippen MR) is 108 cm³/mol. The molecule has 5 heteroatoms. The molecule has 1 aromatic heterocycles. The number of nitrogens with one attached hydrogen (secondary N) is 1. The first kappa shape index (κ1) is 16.3. The van der Waals surface area contributed by atoms with Crippen molar-refractivity contribution >= 4 is 34.5 Å². The number of carbonyl (C=O) groups is 2. The van der Waals surface area contributed by atoms with Crippen LogP contribution in [0.2, 0.25) is 0 Å². The minimum absolute atomic E-state index is 0.203. The van der Waals surface area contributed by atoms with Crippen LogP contribution < -0.4 is 0 Å². The molecular formula is C23H15N3O2. The number of benzene rings is 3. The van der Waals surface area contributed by atoms with Gasteiger partial charge in [0.2, 0.25) is 0 Å². The lowest BCUT2D eigenvalue weighted by Gasteiger charge is -2.03. The zero-order valence-corrected chi connectivity index (χ0v) is 14.8. The van der Waals surface area contributed by atoms with Gasteiger partial charge >= 0.3 is 0 Å². The van der Waals surface area contributed by atoms with Crippen molar-refractivity contribution < 1.29 is 9.59 Å². The molecule has 1 aliphatic rings. The average molecular weight is 365 g/mol. The number of nitrogens with zero attached hydrogens (tertiary/aromatic N) is 2. The molecule has 0 unspecified atom stereocenters. The summed E-state index contributed by atoms with van der Waals surface area (Å²) in [7, 11) is 0. The largest absolute Gasteiger partial charge is 0.338 e. The highest BCUT2D eigenvalue weighted by Gasteiger charge is 2.37. The van der Waals surface area contributed by atoms with Gasteiger partial charge in [-0.25, -0.2) is 4.98 Å². The molecule has 3 aromatic carbocycles. The quantitative estimate of drug-likeness (QED) is 0.425. The van der Waals surface area contributed by atoms with Gasteiger partial charge in [0.1, 0.15) is 11.7 Å². The van der Waals surface area contributed by atoms with Crippen LogP contribution in [0.25, 0.3) is 22.4 Å². The van der Waals surface area contributed by atoms with E-state index in [4.69, 9.17) is 0 Å². The van der Waals surface area contributed by atoms with Crippen molar-refractivity contribution in [2.45, 2.75) is 0 Å². The Kier molecular flexibility index (Phi) is 3.72. The summed E-state index contributed by atoms with van der Waals surface area (Å²) in [5.74, 6) is -0.585. The highest BCUT2D eigenvalue weighted by molar-refractivity contribution is 6.33. The number of H-pyrrole nitrogens is 1. The lowest BCUT2D eigenvalue weighted by atomic mass is 10.1. The Morgan fingerprint density at radius 2 is 1.39 bits per heavy atom. The summed E-state index contributed by atoms with van der Waals surface area (Å²) in [6.45, 7) is 0. The number of hydrogen-bond donors (Lipinski definition) is 1. The van der Waals surface area contributed by atoms with Crippen LogP contribution >= 0.6 is 0 Å². The molecule has 0 aliphatic heterocycles. The highest BCUT2D eigenvalue weighted by atomic mass is 16.2. The van der Waals surface area contributed by atoms with Crippen LogP contribution in [0.4, 0.5) is 5.69 Å². The van der Waals surface area contributed by atoms with Crippen molar-refractivity contribution in [1.29, 1.82) is 0 Å². The molecule has 1 heterocycles. The average Bonchev–Trinajstić information content (AvgIpc) is 3.27. The summed E-state index contributed by atoms with van der Waals surface area (Å²) < 4.78 is 0. The monoisotopic (exact) mass is 365 g/mol. The van der Waals surface area contributed by atoms with Gasteiger partial charge in [-0.15, -0.1) is 0 Å². The first-order valence-corrected chi connectivity index (χ1v) is 8.98. The van der Waals surface area contributed by atoms with Crippen LogP contribution in [-0.2, 0) is 0 Å². The van der Waals surface area contributed by atoms with Gasteiger partial charge in [-0.1, -0.05) is 48.5 Å². The van der Waals surface area contributed by atoms with Gasteiger partial charge in [0.15, 0.2) is 11.6 Å². The van der Waals surface area contributed by atoms with Crippen molar-refractivity contribution in [3.8, 4) is 11.4 Å². The molecule has 1 aliphatic carbocycles. The molecule has 0 radical (unpaired) electrons. The number of aromatic amines is 1. The second kappa shape index (κ2) is 6.39. The Hall–Kier alpha value is -3.86. The molecule has 5 nitrogen and oxygen atoms in total. The molecule has 4 aromatic rings. The number of para-hydroxylation sites is 3. The fourth-order valence-electron chi connectivity index (χ4n) is 3.52. The van der Waals surface area contributed by atoms with Crippen LogP contribution in [0.5, 0.6) is 0 Å². The number of carbonyl (C=O) groups excluding carboxylic acids is 2. The fourth-order valence-corrected chi connectivity index (χ4v) is 3.52. The molecular weight excluding hydrogens is 350 g/mol. The molecule has 28 heavy (non-hydrogen) atoms. The normalized spacial score (nSPS) is 14.3. The summed E-state index contributed by atoms with van der Waals surface area (Å²) in [6.07, 6.45) is 1.45. The van der Waals surface area contributed by atoms with Gasteiger partial charge in [-0.3, -0.25) is 14.6 Å². The van der Waals surface area contributed by atoms with Crippen molar-refractivity contribution in [2.24, 2.45) is 10.9 Å². The topological polar surface area (TPSA) is 75.2 Å². The lowest BCUT2D eigenvalue weighted by molar-refractivity contribution is 0.0886. The summed E-state index contributed by atoms with van der Waals surface area (Å²) in [5.41, 5.74) is 4.20. The Balaban J connectivity index is 1.52. The highest BCUT2D eigenvalue weighted by Crippen LogP contribution is 2.31. The molecule has 0 amide bonds.